The summed E-state index contributed by atoms with van der Waals surface area (Å²) in [6, 6.07) is 14.7. The quantitative estimate of drug-likeness (QED) is 0.763. The maximum atomic E-state index is 12.9. The fourth-order valence-corrected chi connectivity index (χ4v) is 3.20. The van der Waals surface area contributed by atoms with Crippen LogP contribution in [0.5, 0.6) is 11.5 Å². The number of hydrogen-bond donors (Lipinski definition) is 1. The van der Waals surface area contributed by atoms with Crippen LogP contribution in [-0.4, -0.2) is 36.6 Å². The molecule has 0 aromatic heterocycles. The number of hydrogen-bond acceptors (Lipinski definition) is 4. The SMILES string of the molecule is COc1ccc(CC[C@]2(C)NC(=O)N(Cc3cccc(OC)c3)C2=O)cc1. The van der Waals surface area contributed by atoms with Gasteiger partial charge in [-0.2, -0.15) is 0 Å². The normalized spacial score (nSPS) is 19.1. The number of amides is 3. The van der Waals surface area contributed by atoms with Crippen molar-refractivity contribution in [3.05, 3.63) is 59.7 Å². The van der Waals surface area contributed by atoms with Crippen LogP contribution < -0.4 is 14.8 Å². The molecule has 0 radical (unpaired) electrons. The van der Waals surface area contributed by atoms with Gasteiger partial charge in [-0.1, -0.05) is 24.3 Å². The highest BCUT2D eigenvalue weighted by molar-refractivity contribution is 6.06. The van der Waals surface area contributed by atoms with Crippen molar-refractivity contribution in [2.24, 2.45) is 0 Å². The first-order valence-electron chi connectivity index (χ1n) is 8.85. The first-order chi connectivity index (χ1) is 12.9. The summed E-state index contributed by atoms with van der Waals surface area (Å²) in [6.07, 6.45) is 1.21. The van der Waals surface area contributed by atoms with Crippen LogP contribution in [0.25, 0.3) is 0 Å². The zero-order chi connectivity index (χ0) is 19.4. The number of nitrogens with zero attached hydrogens (tertiary/aromatic N) is 1. The van der Waals surface area contributed by atoms with E-state index < -0.39 is 5.54 Å². The number of carbonyl (C=O) groups is 2. The molecule has 1 aliphatic rings. The zero-order valence-corrected chi connectivity index (χ0v) is 15.8. The molecule has 3 rings (SSSR count). The Bertz CT molecular complexity index is 834. The molecule has 0 unspecified atom stereocenters. The number of aryl methyl sites for hydroxylation is 1. The van der Waals surface area contributed by atoms with Crippen LogP contribution in [0.2, 0.25) is 0 Å². The molecule has 0 saturated carbocycles. The molecule has 1 aliphatic heterocycles. The van der Waals surface area contributed by atoms with Crippen LogP contribution in [0, 0.1) is 0 Å². The van der Waals surface area contributed by atoms with Crippen LogP contribution in [0.1, 0.15) is 24.5 Å². The van der Waals surface area contributed by atoms with E-state index in [0.29, 0.717) is 18.6 Å². The predicted octanol–water partition coefficient (Wildman–Crippen LogP) is 3.15. The fourth-order valence-electron chi connectivity index (χ4n) is 3.20. The van der Waals surface area contributed by atoms with Crippen LogP contribution in [-0.2, 0) is 17.8 Å². The second-order valence-electron chi connectivity index (χ2n) is 6.85. The second-order valence-corrected chi connectivity index (χ2v) is 6.85. The number of carbonyl (C=O) groups excluding carboxylic acids is 2. The van der Waals surface area contributed by atoms with Gasteiger partial charge in [0.2, 0.25) is 0 Å². The van der Waals surface area contributed by atoms with Crippen molar-refractivity contribution in [1.82, 2.24) is 10.2 Å². The molecule has 3 amide bonds. The molecular weight excluding hydrogens is 344 g/mol. The fraction of sp³-hybridized carbons (Fsp3) is 0.333. The Labute approximate surface area is 159 Å². The molecule has 6 heteroatoms. The number of imide groups is 1. The molecule has 1 heterocycles. The lowest BCUT2D eigenvalue weighted by Gasteiger charge is -2.22. The van der Waals surface area contributed by atoms with Gasteiger partial charge in [-0.25, -0.2) is 4.79 Å². The van der Waals surface area contributed by atoms with Gasteiger partial charge >= 0.3 is 6.03 Å². The van der Waals surface area contributed by atoms with Gasteiger partial charge < -0.3 is 14.8 Å². The van der Waals surface area contributed by atoms with E-state index in [-0.39, 0.29) is 18.5 Å². The van der Waals surface area contributed by atoms with E-state index in [1.165, 1.54) is 4.90 Å². The van der Waals surface area contributed by atoms with E-state index in [0.717, 1.165) is 16.9 Å². The summed E-state index contributed by atoms with van der Waals surface area (Å²) < 4.78 is 10.4. The Morgan fingerprint density at radius 3 is 2.33 bits per heavy atom. The number of nitrogens with one attached hydrogen (secondary N) is 1. The lowest BCUT2D eigenvalue weighted by Crippen LogP contribution is -2.44. The molecule has 1 fully saturated rings. The van der Waals surface area contributed by atoms with Crippen LogP contribution >= 0.6 is 0 Å². The van der Waals surface area contributed by atoms with Crippen molar-refractivity contribution < 1.29 is 19.1 Å². The largest absolute Gasteiger partial charge is 0.497 e. The number of methoxy groups -OCH3 is 2. The molecular formula is C21H24N2O4. The molecule has 2 aromatic carbocycles. The Balaban J connectivity index is 1.67. The third-order valence-corrected chi connectivity index (χ3v) is 4.89. The molecule has 0 spiro atoms. The smallest absolute Gasteiger partial charge is 0.325 e. The predicted molar refractivity (Wildman–Crippen MR) is 102 cm³/mol. The van der Waals surface area contributed by atoms with E-state index >= 15 is 0 Å². The number of rotatable bonds is 7. The van der Waals surface area contributed by atoms with Gasteiger partial charge in [-0.05, 0) is 55.2 Å². The lowest BCUT2D eigenvalue weighted by atomic mass is 9.93. The van der Waals surface area contributed by atoms with Crippen LogP contribution in [0.3, 0.4) is 0 Å². The van der Waals surface area contributed by atoms with Crippen molar-refractivity contribution in [3.63, 3.8) is 0 Å². The summed E-state index contributed by atoms with van der Waals surface area (Å²) in [5, 5.41) is 2.85. The molecule has 1 atom stereocenters. The van der Waals surface area contributed by atoms with Gasteiger partial charge in [0.15, 0.2) is 0 Å². The molecule has 0 bridgehead atoms. The molecule has 1 N–H and O–H groups in total. The summed E-state index contributed by atoms with van der Waals surface area (Å²) in [5.41, 5.74) is 1.03. The summed E-state index contributed by atoms with van der Waals surface area (Å²) in [7, 11) is 3.21. The lowest BCUT2D eigenvalue weighted by molar-refractivity contribution is -0.131. The van der Waals surface area contributed by atoms with Crippen molar-refractivity contribution >= 4 is 11.9 Å². The number of benzene rings is 2. The number of ether oxygens (including phenoxy) is 2. The Morgan fingerprint density at radius 2 is 1.67 bits per heavy atom. The molecule has 0 aliphatic carbocycles. The van der Waals surface area contributed by atoms with Gasteiger partial charge in [0.25, 0.3) is 5.91 Å². The van der Waals surface area contributed by atoms with Crippen molar-refractivity contribution in [3.8, 4) is 11.5 Å². The molecule has 6 nitrogen and oxygen atoms in total. The monoisotopic (exact) mass is 368 g/mol. The minimum atomic E-state index is -0.907. The summed E-state index contributed by atoms with van der Waals surface area (Å²) in [4.78, 5) is 26.6. The minimum absolute atomic E-state index is 0.205. The van der Waals surface area contributed by atoms with Crippen molar-refractivity contribution in [1.29, 1.82) is 0 Å². The highest BCUT2D eigenvalue weighted by Crippen LogP contribution is 2.26. The number of urea groups is 1. The van der Waals surface area contributed by atoms with Crippen LogP contribution in [0.15, 0.2) is 48.5 Å². The molecule has 1 saturated heterocycles. The van der Waals surface area contributed by atoms with Gasteiger partial charge in [-0.15, -0.1) is 0 Å². The van der Waals surface area contributed by atoms with E-state index in [1.54, 1.807) is 21.1 Å². The van der Waals surface area contributed by atoms with Gasteiger partial charge in [0.1, 0.15) is 17.0 Å². The standard InChI is InChI=1S/C21H24N2O4/c1-21(12-11-15-7-9-17(26-2)10-8-15)19(24)23(20(25)22-21)14-16-5-4-6-18(13-16)27-3/h4-10,13H,11-12,14H2,1-3H3,(H,22,25)/t21-/m0/s1. The Kier molecular flexibility index (Phi) is 5.35. The third kappa shape index (κ3) is 4.05. The first-order valence-corrected chi connectivity index (χ1v) is 8.85. The Hall–Kier alpha value is -3.02. The average molecular weight is 368 g/mol. The van der Waals surface area contributed by atoms with E-state index in [4.69, 9.17) is 9.47 Å². The average Bonchev–Trinajstić information content (AvgIpc) is 2.90. The maximum Gasteiger partial charge on any atom is 0.325 e. The highest BCUT2D eigenvalue weighted by Gasteiger charge is 2.47. The first kappa shape index (κ1) is 18.8. The Morgan fingerprint density at radius 1 is 0.963 bits per heavy atom. The summed E-state index contributed by atoms with van der Waals surface area (Å²) in [6.45, 7) is 2.00. The summed E-state index contributed by atoms with van der Waals surface area (Å²) in [5.74, 6) is 1.28. The second kappa shape index (κ2) is 7.70. The summed E-state index contributed by atoms with van der Waals surface area (Å²) >= 11 is 0. The maximum absolute atomic E-state index is 12.9. The van der Waals surface area contributed by atoms with Crippen molar-refractivity contribution in [2.45, 2.75) is 31.8 Å². The third-order valence-electron chi connectivity index (χ3n) is 4.89. The topological polar surface area (TPSA) is 67.9 Å². The highest BCUT2D eigenvalue weighted by atomic mass is 16.5. The van der Waals surface area contributed by atoms with Crippen molar-refractivity contribution in [2.75, 3.05) is 14.2 Å². The van der Waals surface area contributed by atoms with Gasteiger partial charge in [-0.3, -0.25) is 9.69 Å². The van der Waals surface area contributed by atoms with E-state index in [2.05, 4.69) is 5.32 Å². The van der Waals surface area contributed by atoms with E-state index in [9.17, 15) is 9.59 Å². The van der Waals surface area contributed by atoms with Crippen LogP contribution in [0.4, 0.5) is 4.79 Å². The molecule has 2 aromatic rings. The zero-order valence-electron chi connectivity index (χ0n) is 15.8. The minimum Gasteiger partial charge on any atom is -0.497 e. The molecule has 27 heavy (non-hydrogen) atoms. The van der Waals surface area contributed by atoms with E-state index in [1.807, 2.05) is 48.5 Å². The van der Waals surface area contributed by atoms with Gasteiger partial charge in [0, 0.05) is 0 Å². The molecule has 142 valence electrons. The van der Waals surface area contributed by atoms with Gasteiger partial charge in [0.05, 0.1) is 20.8 Å².